The Morgan fingerprint density at radius 1 is 1.00 bits per heavy atom. The molecule has 0 saturated carbocycles. The average molecular weight is 277 g/mol. The van der Waals surface area contributed by atoms with E-state index in [1.54, 1.807) is 0 Å². The van der Waals surface area contributed by atoms with Crippen molar-refractivity contribution < 1.29 is 28.9 Å². The van der Waals surface area contributed by atoms with Crippen molar-refractivity contribution in [2.24, 2.45) is 5.73 Å². The molecule has 6 N–H and O–H groups in total. The Morgan fingerprint density at radius 3 is 1.62 bits per heavy atom. The van der Waals surface area contributed by atoms with Crippen molar-refractivity contribution in [3.05, 3.63) is 0 Å². The molecule has 0 heterocycles. The first-order valence-corrected chi connectivity index (χ1v) is 9.26. The van der Waals surface area contributed by atoms with Crippen LogP contribution in [0.25, 0.3) is 0 Å². The van der Waals surface area contributed by atoms with Gasteiger partial charge in [0.25, 0.3) is 0 Å². The van der Waals surface area contributed by atoms with E-state index >= 15 is 0 Å². The Labute approximate surface area is 95.2 Å². The highest BCUT2D eigenvalue weighted by molar-refractivity contribution is 8.28. The quantitative estimate of drug-likeness (QED) is 0.351. The molecule has 0 saturated heterocycles. The second kappa shape index (κ2) is 9.31. The molecule has 0 radical (unpaired) electrons. The third-order valence-electron chi connectivity index (χ3n) is 1.60. The Bertz CT molecular complexity index is 221. The van der Waals surface area contributed by atoms with Gasteiger partial charge in [0, 0.05) is 13.3 Å². The standard InChI is InChI=1S/C6H15NO.CH6O5P2/c7-5-3-1-2-4-6-8;1-7(2,3)8(4,5)6/h8H,1-7H2;1H3,(H,2,3)(H2,4,5,6). The molecule has 1 atom stereocenters. The summed E-state index contributed by atoms with van der Waals surface area (Å²) in [5.41, 5.74) is 5.25. The molecule has 7 nitrogen and oxygen atoms in total. The van der Waals surface area contributed by atoms with Crippen molar-refractivity contribution >= 4 is 14.3 Å². The van der Waals surface area contributed by atoms with Crippen LogP contribution in [-0.2, 0) is 9.13 Å². The van der Waals surface area contributed by atoms with Gasteiger partial charge in [-0.15, -0.1) is 0 Å². The number of nitrogens with two attached hydrogens (primary N) is 1. The summed E-state index contributed by atoms with van der Waals surface area (Å²) >= 11 is 0. The zero-order valence-electron chi connectivity index (χ0n) is 9.32. The predicted octanol–water partition coefficient (Wildman–Crippen LogP) is 0.477. The van der Waals surface area contributed by atoms with Crippen LogP contribution in [0.3, 0.4) is 0 Å². The van der Waals surface area contributed by atoms with Gasteiger partial charge in [0.15, 0.2) is 0 Å². The van der Waals surface area contributed by atoms with Gasteiger partial charge in [-0.3, -0.25) is 4.57 Å². The second-order valence-electron chi connectivity index (χ2n) is 3.28. The van der Waals surface area contributed by atoms with Crippen LogP contribution >= 0.6 is 14.3 Å². The van der Waals surface area contributed by atoms with Gasteiger partial charge in [0.2, 0.25) is 0 Å². The van der Waals surface area contributed by atoms with Crippen LogP contribution in [0, 0.1) is 0 Å². The van der Waals surface area contributed by atoms with E-state index in [4.69, 9.17) is 25.5 Å². The highest BCUT2D eigenvalue weighted by Crippen LogP contribution is 2.71. The SMILES string of the molecule is CP(=O)(O)P(=O)(O)O.NCCCCCCO. The lowest BCUT2D eigenvalue weighted by Crippen LogP contribution is -1.97. The highest BCUT2D eigenvalue weighted by Gasteiger charge is 2.33. The number of unbranched alkanes of at least 4 members (excludes halogenated alkanes) is 3. The summed E-state index contributed by atoms with van der Waals surface area (Å²) in [4.78, 5) is 24.1. The van der Waals surface area contributed by atoms with Crippen molar-refractivity contribution in [3.63, 3.8) is 0 Å². The van der Waals surface area contributed by atoms with Gasteiger partial charge in [0.05, 0.1) is 0 Å². The number of aliphatic hydroxyl groups excluding tert-OH is 1. The van der Waals surface area contributed by atoms with Crippen LogP contribution in [0.4, 0.5) is 0 Å². The van der Waals surface area contributed by atoms with Crippen LogP contribution in [-0.4, -0.2) is 39.6 Å². The number of aliphatic hydroxyl groups is 1. The first-order chi connectivity index (χ1) is 7.16. The summed E-state index contributed by atoms with van der Waals surface area (Å²) in [5.74, 6) is 0. The summed E-state index contributed by atoms with van der Waals surface area (Å²) < 4.78 is 19.9. The normalized spacial score (nSPS) is 14.9. The number of hydrogen-bond donors (Lipinski definition) is 5. The molecule has 0 spiro atoms. The molecule has 1 unspecified atom stereocenters. The maximum absolute atomic E-state index is 10.0. The van der Waals surface area contributed by atoms with Crippen LogP contribution in [0.15, 0.2) is 0 Å². The Morgan fingerprint density at radius 2 is 1.38 bits per heavy atom. The predicted molar refractivity (Wildman–Crippen MR) is 62.4 cm³/mol. The van der Waals surface area contributed by atoms with Crippen LogP contribution in [0.2, 0.25) is 0 Å². The van der Waals surface area contributed by atoms with Crippen molar-refractivity contribution in [1.82, 2.24) is 0 Å². The summed E-state index contributed by atoms with van der Waals surface area (Å²) in [6, 6.07) is 0. The molecule has 9 heteroatoms. The Balaban J connectivity index is 0. The molecule has 0 aliphatic heterocycles. The number of hydrogen-bond acceptors (Lipinski definition) is 4. The molecule has 0 aromatic heterocycles. The van der Waals surface area contributed by atoms with Gasteiger partial charge in [-0.1, -0.05) is 12.8 Å². The highest BCUT2D eigenvalue weighted by atomic mass is 32.1. The average Bonchev–Trinajstić information content (AvgIpc) is 2.10. The minimum atomic E-state index is -4.74. The molecule has 0 rings (SSSR count). The fourth-order valence-electron chi connectivity index (χ4n) is 0.610. The zero-order valence-corrected chi connectivity index (χ0v) is 11.1. The van der Waals surface area contributed by atoms with Gasteiger partial charge in [-0.05, 0) is 19.4 Å². The molecule has 0 amide bonds. The lowest BCUT2D eigenvalue weighted by molar-refractivity contribution is 0.282. The monoisotopic (exact) mass is 277 g/mol. The third kappa shape index (κ3) is 12.3. The van der Waals surface area contributed by atoms with E-state index < -0.39 is 14.3 Å². The minimum absolute atomic E-state index is 0.324. The zero-order chi connectivity index (χ0) is 13.2. The van der Waals surface area contributed by atoms with Gasteiger partial charge < -0.3 is 25.5 Å². The molecule has 0 aromatic rings. The van der Waals surface area contributed by atoms with E-state index in [-0.39, 0.29) is 0 Å². The minimum Gasteiger partial charge on any atom is -0.396 e. The molecule has 0 aromatic carbocycles. The first kappa shape index (κ1) is 18.6. The van der Waals surface area contributed by atoms with Crippen molar-refractivity contribution in [2.45, 2.75) is 25.7 Å². The van der Waals surface area contributed by atoms with Gasteiger partial charge >= 0.3 is 14.3 Å². The second-order valence-corrected chi connectivity index (χ2v) is 9.76. The summed E-state index contributed by atoms with van der Waals surface area (Å²) in [6.07, 6.45) is 4.31. The van der Waals surface area contributed by atoms with Gasteiger partial charge in [0.1, 0.15) is 0 Å². The molecule has 0 bridgehead atoms. The fourth-order valence-corrected chi connectivity index (χ4v) is 0.610. The molecular formula is C7H21NO6P2. The first-order valence-electron chi connectivity index (χ1n) is 4.84. The van der Waals surface area contributed by atoms with Crippen LogP contribution < -0.4 is 5.73 Å². The fraction of sp³-hybridized carbons (Fsp3) is 1.00. The van der Waals surface area contributed by atoms with E-state index in [0.29, 0.717) is 13.3 Å². The largest absolute Gasteiger partial charge is 0.407 e. The van der Waals surface area contributed by atoms with E-state index in [0.717, 1.165) is 32.2 Å². The maximum Gasteiger partial charge on any atom is 0.407 e. The molecule has 16 heavy (non-hydrogen) atoms. The van der Waals surface area contributed by atoms with Crippen molar-refractivity contribution in [3.8, 4) is 0 Å². The van der Waals surface area contributed by atoms with Crippen LogP contribution in [0.5, 0.6) is 0 Å². The topological polar surface area (TPSA) is 141 Å². The molecule has 0 aliphatic rings. The lowest BCUT2D eigenvalue weighted by atomic mass is 10.2. The molecule has 0 aliphatic carbocycles. The third-order valence-corrected chi connectivity index (χ3v) is 5.46. The summed E-state index contributed by atoms with van der Waals surface area (Å²) in [6.45, 7) is 1.73. The molecular weight excluding hydrogens is 256 g/mol. The van der Waals surface area contributed by atoms with E-state index in [1.807, 2.05) is 0 Å². The Hall–Kier alpha value is 0.260. The van der Waals surface area contributed by atoms with E-state index in [9.17, 15) is 9.13 Å². The lowest BCUT2D eigenvalue weighted by Gasteiger charge is -2.04. The van der Waals surface area contributed by atoms with E-state index in [2.05, 4.69) is 0 Å². The van der Waals surface area contributed by atoms with Gasteiger partial charge in [-0.25, -0.2) is 4.57 Å². The maximum atomic E-state index is 10.0. The smallest absolute Gasteiger partial charge is 0.396 e. The summed E-state index contributed by atoms with van der Waals surface area (Å²) in [5, 5.41) is 8.33. The number of rotatable bonds is 6. The van der Waals surface area contributed by atoms with E-state index in [1.165, 1.54) is 0 Å². The van der Waals surface area contributed by atoms with Gasteiger partial charge in [-0.2, -0.15) is 0 Å². The molecule has 0 fully saturated rings. The van der Waals surface area contributed by atoms with Crippen molar-refractivity contribution in [1.29, 1.82) is 0 Å². The van der Waals surface area contributed by atoms with Crippen molar-refractivity contribution in [2.75, 3.05) is 19.8 Å². The summed E-state index contributed by atoms with van der Waals surface area (Å²) in [7, 11) is -8.92. The van der Waals surface area contributed by atoms with Crippen LogP contribution in [0.1, 0.15) is 25.7 Å². The molecule has 100 valence electrons. The Kier molecular flexibility index (Phi) is 10.8.